The van der Waals surface area contributed by atoms with E-state index in [-0.39, 0.29) is 33.6 Å². The first-order chi connectivity index (χ1) is 11.4. The van der Waals surface area contributed by atoms with E-state index in [0.717, 1.165) is 6.08 Å². The second-order valence-electron chi connectivity index (χ2n) is 5.26. The number of aliphatic hydroxyl groups is 1. The van der Waals surface area contributed by atoms with Gasteiger partial charge in [-0.15, -0.1) is 0 Å². The Kier molecular flexibility index (Phi) is 3.65. The minimum absolute atomic E-state index is 0.134. The van der Waals surface area contributed by atoms with Gasteiger partial charge in [-0.25, -0.2) is 9.78 Å². The number of carboxylic acid groups (broad SMARTS) is 1. The molecule has 120 valence electrons. The van der Waals surface area contributed by atoms with Crippen LogP contribution in [-0.2, 0) is 4.79 Å². The second-order valence-corrected chi connectivity index (χ2v) is 5.26. The van der Waals surface area contributed by atoms with Gasteiger partial charge >= 0.3 is 5.97 Å². The Hall–Kier alpha value is -3.41. The van der Waals surface area contributed by atoms with E-state index in [0.29, 0.717) is 11.1 Å². The number of aromatic nitrogens is 1. The molecule has 0 atom stereocenters. The van der Waals surface area contributed by atoms with Gasteiger partial charge in [0.05, 0.1) is 11.1 Å². The minimum atomic E-state index is -1.27. The fraction of sp³-hybridized carbons (Fsp3) is 0.0556. The van der Waals surface area contributed by atoms with Crippen molar-refractivity contribution >= 4 is 22.8 Å². The van der Waals surface area contributed by atoms with Gasteiger partial charge in [0, 0.05) is 11.6 Å². The molecular formula is C18H13NO5. The van der Waals surface area contributed by atoms with Crippen molar-refractivity contribution in [3.05, 3.63) is 69.9 Å². The van der Waals surface area contributed by atoms with Gasteiger partial charge in [-0.05, 0) is 25.1 Å². The monoisotopic (exact) mass is 323 g/mol. The van der Waals surface area contributed by atoms with E-state index in [4.69, 9.17) is 9.52 Å². The van der Waals surface area contributed by atoms with Crippen molar-refractivity contribution in [2.75, 3.05) is 0 Å². The summed E-state index contributed by atoms with van der Waals surface area (Å²) in [6, 6.07) is 8.31. The molecule has 0 radical (unpaired) electrons. The molecule has 1 aromatic rings. The smallest absolute Gasteiger partial charge is 0.335 e. The largest absolute Gasteiger partial charge is 0.507 e. The highest BCUT2D eigenvalue weighted by molar-refractivity contribution is 5.92. The van der Waals surface area contributed by atoms with Crippen molar-refractivity contribution in [3.8, 4) is 11.5 Å². The normalized spacial score (nSPS) is 11.8. The summed E-state index contributed by atoms with van der Waals surface area (Å²) in [6.07, 6.45) is 0.987. The number of para-hydroxylation sites is 2. The molecule has 1 heterocycles. The molecule has 0 amide bonds. The molecule has 1 aromatic carbocycles. The molecule has 3 rings (SSSR count). The summed E-state index contributed by atoms with van der Waals surface area (Å²) in [4.78, 5) is 27.5. The average molecular weight is 323 g/mol. The maximum atomic E-state index is 12.1. The number of carbonyl (C=O) groups is 1. The number of rotatable bonds is 3. The zero-order chi connectivity index (χ0) is 17.4. The molecule has 1 aliphatic carbocycles. The van der Waals surface area contributed by atoms with E-state index in [1.54, 1.807) is 24.3 Å². The van der Waals surface area contributed by atoms with Gasteiger partial charge in [-0.3, -0.25) is 4.79 Å². The topological polar surface area (TPSA) is 101 Å². The molecule has 0 spiro atoms. The summed E-state index contributed by atoms with van der Waals surface area (Å²) < 4.78 is 5.69. The first kappa shape index (κ1) is 15.5. The Labute approximate surface area is 136 Å². The van der Waals surface area contributed by atoms with Gasteiger partial charge in [0.15, 0.2) is 16.8 Å². The lowest BCUT2D eigenvalue weighted by Gasteiger charge is -2.13. The van der Waals surface area contributed by atoms with Gasteiger partial charge < -0.3 is 14.6 Å². The summed E-state index contributed by atoms with van der Waals surface area (Å²) in [5.41, 5.74) is 1.04. The average Bonchev–Trinajstić information content (AvgIpc) is 2.54. The molecule has 0 fully saturated rings. The number of hydrogen-bond donors (Lipinski definition) is 2. The van der Waals surface area contributed by atoms with Gasteiger partial charge in [-0.2, -0.15) is 0 Å². The van der Waals surface area contributed by atoms with Gasteiger partial charge in [-0.1, -0.05) is 18.7 Å². The van der Waals surface area contributed by atoms with Crippen LogP contribution in [0.3, 0.4) is 0 Å². The highest BCUT2D eigenvalue weighted by Gasteiger charge is 2.21. The van der Waals surface area contributed by atoms with Crippen molar-refractivity contribution in [1.82, 2.24) is 4.98 Å². The van der Waals surface area contributed by atoms with Gasteiger partial charge in [0.2, 0.25) is 0 Å². The Morgan fingerprint density at radius 2 is 2.00 bits per heavy atom. The van der Waals surface area contributed by atoms with Crippen molar-refractivity contribution in [3.63, 3.8) is 0 Å². The van der Waals surface area contributed by atoms with Crippen molar-refractivity contribution in [2.24, 2.45) is 0 Å². The Morgan fingerprint density at radius 3 is 2.71 bits per heavy atom. The molecule has 0 saturated carbocycles. The molecule has 0 saturated heterocycles. The van der Waals surface area contributed by atoms with Crippen LogP contribution in [0.15, 0.2) is 57.8 Å². The lowest BCUT2D eigenvalue weighted by atomic mass is 9.99. The van der Waals surface area contributed by atoms with Crippen molar-refractivity contribution in [1.29, 1.82) is 0 Å². The van der Waals surface area contributed by atoms with Crippen LogP contribution in [0.1, 0.15) is 11.1 Å². The van der Waals surface area contributed by atoms with E-state index in [1.165, 1.54) is 13.0 Å². The van der Waals surface area contributed by atoms with Crippen LogP contribution in [0.2, 0.25) is 0 Å². The number of aliphatic carboxylic acids is 1. The minimum Gasteiger partial charge on any atom is -0.507 e. The van der Waals surface area contributed by atoms with Crippen LogP contribution >= 0.6 is 0 Å². The standard InChI is InChI=1S/C18H13NO5/c1-9(18(22)23)7-13(21)16-10(2)12(20)8-15-17(16)19-11-5-3-4-6-14(11)24-15/h3-8,21H,1H2,2H3,(H,22,23)/b13-7+. The number of fused-ring (bicyclic) bond motifs is 2. The SMILES string of the molecule is C=C(/C=C(/O)c1c2nc3ccccc3oc-2cc(=O)c1C)C(=O)O. The number of nitrogens with zero attached hydrogens (tertiary/aromatic N) is 1. The fourth-order valence-electron chi connectivity index (χ4n) is 2.40. The van der Waals surface area contributed by atoms with Crippen LogP contribution < -0.4 is 5.43 Å². The number of hydrogen-bond acceptors (Lipinski definition) is 5. The first-order valence-corrected chi connectivity index (χ1v) is 7.05. The van der Waals surface area contributed by atoms with Gasteiger partial charge in [0.25, 0.3) is 0 Å². The molecular weight excluding hydrogens is 310 g/mol. The molecule has 2 aliphatic rings. The van der Waals surface area contributed by atoms with Crippen LogP contribution in [0.5, 0.6) is 0 Å². The fourth-order valence-corrected chi connectivity index (χ4v) is 2.40. The molecule has 0 unspecified atom stereocenters. The van der Waals surface area contributed by atoms with E-state index < -0.39 is 11.7 Å². The highest BCUT2D eigenvalue weighted by Crippen LogP contribution is 2.31. The number of aliphatic hydroxyl groups excluding tert-OH is 1. The zero-order valence-electron chi connectivity index (χ0n) is 12.7. The molecule has 6 nitrogen and oxygen atoms in total. The lowest BCUT2D eigenvalue weighted by Crippen LogP contribution is -2.11. The maximum absolute atomic E-state index is 12.1. The highest BCUT2D eigenvalue weighted by atomic mass is 16.4. The van der Waals surface area contributed by atoms with Crippen LogP contribution in [0.25, 0.3) is 28.3 Å². The predicted octanol–water partition coefficient (Wildman–Crippen LogP) is 3.14. The van der Waals surface area contributed by atoms with E-state index in [9.17, 15) is 14.7 Å². The quantitative estimate of drug-likeness (QED) is 0.332. The van der Waals surface area contributed by atoms with Crippen LogP contribution in [0, 0.1) is 6.92 Å². The third-order valence-corrected chi connectivity index (χ3v) is 3.64. The Balaban J connectivity index is 2.36. The lowest BCUT2D eigenvalue weighted by molar-refractivity contribution is -0.132. The van der Waals surface area contributed by atoms with E-state index in [2.05, 4.69) is 11.6 Å². The summed E-state index contributed by atoms with van der Waals surface area (Å²) in [5, 5.41) is 19.2. The third kappa shape index (κ3) is 2.54. The molecule has 2 N–H and O–H groups in total. The number of benzene rings is 2. The summed E-state index contributed by atoms with van der Waals surface area (Å²) >= 11 is 0. The second kappa shape index (κ2) is 5.66. The molecule has 24 heavy (non-hydrogen) atoms. The van der Waals surface area contributed by atoms with E-state index in [1.807, 2.05) is 0 Å². The van der Waals surface area contributed by atoms with Crippen LogP contribution in [-0.4, -0.2) is 21.2 Å². The maximum Gasteiger partial charge on any atom is 0.335 e. The Bertz CT molecular complexity index is 1040. The van der Waals surface area contributed by atoms with Crippen molar-refractivity contribution in [2.45, 2.75) is 6.92 Å². The summed E-state index contributed by atoms with van der Waals surface area (Å²) in [6.45, 7) is 4.87. The Morgan fingerprint density at radius 1 is 1.29 bits per heavy atom. The van der Waals surface area contributed by atoms with Gasteiger partial charge in [0.1, 0.15) is 17.0 Å². The third-order valence-electron chi connectivity index (χ3n) is 3.64. The molecule has 1 aliphatic heterocycles. The number of carboxylic acids is 1. The zero-order valence-corrected chi connectivity index (χ0v) is 12.7. The molecule has 0 bridgehead atoms. The van der Waals surface area contributed by atoms with Crippen LogP contribution in [0.4, 0.5) is 0 Å². The molecule has 6 heteroatoms. The summed E-state index contributed by atoms with van der Waals surface area (Å²) in [7, 11) is 0. The first-order valence-electron chi connectivity index (χ1n) is 7.05. The van der Waals surface area contributed by atoms with Crippen molar-refractivity contribution < 1.29 is 19.4 Å². The predicted molar refractivity (Wildman–Crippen MR) is 89.0 cm³/mol. The molecule has 0 aromatic heterocycles. The summed E-state index contributed by atoms with van der Waals surface area (Å²) in [5.74, 6) is -1.47. The van der Waals surface area contributed by atoms with E-state index >= 15 is 0 Å².